The SMILES string of the molecule is COc1cc(/C=C2\C(=O)NC(=S)N(c3ccc(C)c(Cl)c3)C2=O)cc(I)c1OC(C)C. The van der Waals surface area contributed by atoms with Gasteiger partial charge in [0.1, 0.15) is 5.57 Å². The number of nitrogens with one attached hydrogen (secondary N) is 1. The number of nitrogens with zero attached hydrogens (tertiary/aromatic N) is 1. The van der Waals surface area contributed by atoms with Crippen LogP contribution in [0.15, 0.2) is 35.9 Å². The summed E-state index contributed by atoms with van der Waals surface area (Å²) < 4.78 is 12.1. The van der Waals surface area contributed by atoms with Gasteiger partial charge in [-0.25, -0.2) is 0 Å². The van der Waals surface area contributed by atoms with Gasteiger partial charge >= 0.3 is 0 Å². The molecular formula is C22H20ClIN2O4S. The quantitative estimate of drug-likeness (QED) is 0.240. The van der Waals surface area contributed by atoms with Gasteiger partial charge in [-0.2, -0.15) is 0 Å². The number of anilines is 1. The molecule has 3 rings (SSSR count). The average molecular weight is 571 g/mol. The van der Waals surface area contributed by atoms with Crippen molar-refractivity contribution in [3.05, 3.63) is 55.6 Å². The van der Waals surface area contributed by atoms with E-state index in [0.717, 1.165) is 9.13 Å². The van der Waals surface area contributed by atoms with E-state index < -0.39 is 11.8 Å². The lowest BCUT2D eigenvalue weighted by Crippen LogP contribution is -2.54. The van der Waals surface area contributed by atoms with E-state index in [0.29, 0.717) is 27.8 Å². The first-order chi connectivity index (χ1) is 14.6. The lowest BCUT2D eigenvalue weighted by Gasteiger charge is -2.29. The number of thiocarbonyl (C=S) groups is 1. The van der Waals surface area contributed by atoms with Gasteiger partial charge in [0.15, 0.2) is 16.6 Å². The van der Waals surface area contributed by atoms with Gasteiger partial charge in [0.25, 0.3) is 11.8 Å². The predicted octanol–water partition coefficient (Wildman–Crippen LogP) is 4.88. The number of hydrogen-bond acceptors (Lipinski definition) is 5. The smallest absolute Gasteiger partial charge is 0.270 e. The Morgan fingerprint density at radius 2 is 1.94 bits per heavy atom. The second kappa shape index (κ2) is 9.54. The Kier molecular flexibility index (Phi) is 7.23. The molecule has 9 heteroatoms. The molecule has 2 amide bonds. The maximum atomic E-state index is 13.2. The van der Waals surface area contributed by atoms with Crippen LogP contribution in [-0.4, -0.2) is 30.1 Å². The van der Waals surface area contributed by atoms with Crippen molar-refractivity contribution in [1.29, 1.82) is 0 Å². The number of carbonyl (C=O) groups is 2. The Balaban J connectivity index is 2.03. The molecule has 0 bridgehead atoms. The molecule has 1 N–H and O–H groups in total. The number of hydrogen-bond donors (Lipinski definition) is 1. The highest BCUT2D eigenvalue weighted by Gasteiger charge is 2.34. The maximum Gasteiger partial charge on any atom is 0.270 e. The largest absolute Gasteiger partial charge is 0.493 e. The molecule has 0 unspecified atom stereocenters. The number of amides is 2. The average Bonchev–Trinajstić information content (AvgIpc) is 2.69. The first-order valence-corrected chi connectivity index (χ1v) is 11.2. The van der Waals surface area contributed by atoms with Crippen molar-refractivity contribution in [2.45, 2.75) is 26.9 Å². The first-order valence-electron chi connectivity index (χ1n) is 9.34. The molecule has 0 aliphatic carbocycles. The lowest BCUT2D eigenvalue weighted by atomic mass is 10.1. The van der Waals surface area contributed by atoms with Crippen molar-refractivity contribution in [3.8, 4) is 11.5 Å². The van der Waals surface area contributed by atoms with E-state index in [-0.39, 0.29) is 16.8 Å². The predicted molar refractivity (Wildman–Crippen MR) is 134 cm³/mol. The molecule has 1 aliphatic rings. The molecular weight excluding hydrogens is 551 g/mol. The molecule has 1 fully saturated rings. The van der Waals surface area contributed by atoms with Crippen LogP contribution < -0.4 is 19.7 Å². The topological polar surface area (TPSA) is 67.9 Å². The van der Waals surface area contributed by atoms with Crippen LogP contribution in [0.2, 0.25) is 5.02 Å². The number of ether oxygens (including phenoxy) is 2. The summed E-state index contributed by atoms with van der Waals surface area (Å²) in [5.74, 6) is 0.0108. The van der Waals surface area contributed by atoms with Crippen LogP contribution in [0.1, 0.15) is 25.0 Å². The van der Waals surface area contributed by atoms with Crippen molar-refractivity contribution >= 4 is 75.1 Å². The molecule has 6 nitrogen and oxygen atoms in total. The number of carbonyl (C=O) groups excluding carboxylic acids is 2. The molecule has 1 saturated heterocycles. The van der Waals surface area contributed by atoms with Crippen molar-refractivity contribution in [2.24, 2.45) is 0 Å². The number of aryl methyl sites for hydroxylation is 1. The minimum atomic E-state index is -0.569. The minimum Gasteiger partial charge on any atom is -0.493 e. The van der Waals surface area contributed by atoms with Crippen LogP contribution in [0.4, 0.5) is 5.69 Å². The number of benzene rings is 2. The summed E-state index contributed by atoms with van der Waals surface area (Å²) in [4.78, 5) is 27.0. The van der Waals surface area contributed by atoms with Crippen LogP contribution in [0.3, 0.4) is 0 Å². The molecule has 1 heterocycles. The summed E-state index contributed by atoms with van der Waals surface area (Å²) in [6.45, 7) is 5.70. The van der Waals surface area contributed by atoms with E-state index in [1.807, 2.05) is 26.8 Å². The van der Waals surface area contributed by atoms with Gasteiger partial charge in [0.05, 0.1) is 22.5 Å². The van der Waals surface area contributed by atoms with Gasteiger partial charge in [0, 0.05) is 5.02 Å². The van der Waals surface area contributed by atoms with Crippen molar-refractivity contribution in [3.63, 3.8) is 0 Å². The fourth-order valence-electron chi connectivity index (χ4n) is 2.95. The van der Waals surface area contributed by atoms with Gasteiger partial charge in [-0.05, 0) is 97.0 Å². The van der Waals surface area contributed by atoms with Crippen LogP contribution >= 0.6 is 46.4 Å². The minimum absolute atomic E-state index is 0.0000813. The summed E-state index contributed by atoms with van der Waals surface area (Å²) in [5, 5.41) is 3.07. The third kappa shape index (κ3) is 5.02. The van der Waals surface area contributed by atoms with Crippen molar-refractivity contribution < 1.29 is 19.1 Å². The molecule has 0 atom stereocenters. The molecule has 0 aromatic heterocycles. The molecule has 0 saturated carbocycles. The Morgan fingerprint density at radius 1 is 1.23 bits per heavy atom. The highest BCUT2D eigenvalue weighted by molar-refractivity contribution is 14.1. The second-order valence-electron chi connectivity index (χ2n) is 7.09. The monoisotopic (exact) mass is 570 g/mol. The van der Waals surface area contributed by atoms with Crippen molar-refractivity contribution in [2.75, 3.05) is 12.0 Å². The number of rotatable bonds is 5. The highest BCUT2D eigenvalue weighted by atomic mass is 127. The van der Waals surface area contributed by atoms with Crippen LogP contribution in [0.5, 0.6) is 11.5 Å². The number of methoxy groups -OCH3 is 1. The Morgan fingerprint density at radius 3 is 2.55 bits per heavy atom. The summed E-state index contributed by atoms with van der Waals surface area (Å²) >= 11 is 13.6. The van der Waals surface area contributed by atoms with Crippen LogP contribution in [0, 0.1) is 10.5 Å². The molecule has 0 radical (unpaired) electrons. The maximum absolute atomic E-state index is 13.2. The fourth-order valence-corrected chi connectivity index (χ4v) is 4.16. The van der Waals surface area contributed by atoms with E-state index in [4.69, 9.17) is 33.3 Å². The first kappa shape index (κ1) is 23.5. The Hall–Kier alpha value is -2.17. The molecule has 2 aromatic rings. The van der Waals surface area contributed by atoms with Crippen LogP contribution in [-0.2, 0) is 9.59 Å². The van der Waals surface area contributed by atoms with Gasteiger partial charge in [-0.3, -0.25) is 19.8 Å². The Labute approximate surface area is 204 Å². The second-order valence-corrected chi connectivity index (χ2v) is 9.05. The zero-order valence-corrected chi connectivity index (χ0v) is 21.0. The Bertz CT molecular complexity index is 1120. The molecule has 31 heavy (non-hydrogen) atoms. The summed E-state index contributed by atoms with van der Waals surface area (Å²) in [7, 11) is 1.54. The van der Waals surface area contributed by atoms with E-state index >= 15 is 0 Å². The fraction of sp³-hybridized carbons (Fsp3) is 0.227. The third-order valence-corrected chi connectivity index (χ3v) is 5.92. The van der Waals surface area contributed by atoms with E-state index in [1.165, 1.54) is 18.1 Å². The van der Waals surface area contributed by atoms with Gasteiger partial charge in [-0.1, -0.05) is 17.7 Å². The molecule has 1 aliphatic heterocycles. The van der Waals surface area contributed by atoms with Gasteiger partial charge in [0.2, 0.25) is 0 Å². The van der Waals surface area contributed by atoms with E-state index in [1.54, 1.807) is 24.3 Å². The lowest BCUT2D eigenvalue weighted by molar-refractivity contribution is -0.122. The third-order valence-electron chi connectivity index (χ3n) is 4.43. The molecule has 2 aromatic carbocycles. The zero-order valence-electron chi connectivity index (χ0n) is 17.3. The van der Waals surface area contributed by atoms with E-state index in [9.17, 15) is 9.59 Å². The molecule has 162 valence electrons. The highest BCUT2D eigenvalue weighted by Crippen LogP contribution is 2.36. The molecule has 0 spiro atoms. The summed E-state index contributed by atoms with van der Waals surface area (Å²) in [5.41, 5.74) is 1.90. The number of halogens is 2. The van der Waals surface area contributed by atoms with Gasteiger partial charge in [-0.15, -0.1) is 0 Å². The summed E-state index contributed by atoms with van der Waals surface area (Å²) in [6.07, 6.45) is 1.47. The summed E-state index contributed by atoms with van der Waals surface area (Å²) in [6, 6.07) is 8.68. The normalized spacial score (nSPS) is 15.5. The van der Waals surface area contributed by atoms with E-state index in [2.05, 4.69) is 27.9 Å². The van der Waals surface area contributed by atoms with Crippen LogP contribution in [0.25, 0.3) is 6.08 Å². The zero-order chi connectivity index (χ0) is 22.9. The standard InChI is InChI=1S/C22H20ClIN2O4S/c1-11(2)30-19-17(24)8-13(9-18(19)29-4)7-15-20(27)25-22(31)26(21(15)28)14-6-5-12(3)16(23)10-14/h5-11H,1-4H3,(H,25,27,31)/b15-7+. The van der Waals surface area contributed by atoms with Crippen molar-refractivity contribution in [1.82, 2.24) is 5.32 Å². The van der Waals surface area contributed by atoms with Gasteiger partial charge < -0.3 is 9.47 Å².